The van der Waals surface area contributed by atoms with Gasteiger partial charge in [-0.05, 0) is 30.5 Å². The van der Waals surface area contributed by atoms with Gasteiger partial charge in [0.25, 0.3) is 5.91 Å². The zero-order valence-electron chi connectivity index (χ0n) is 17.8. The van der Waals surface area contributed by atoms with E-state index in [-0.39, 0.29) is 5.91 Å². The lowest BCUT2D eigenvalue weighted by atomic mass is 9.99. The molecule has 0 spiro atoms. The molecule has 0 atom stereocenters. The number of carbonyl (C=O) groups is 1. The van der Waals surface area contributed by atoms with Gasteiger partial charge >= 0.3 is 0 Å². The van der Waals surface area contributed by atoms with Crippen molar-refractivity contribution in [3.63, 3.8) is 0 Å². The molecule has 0 bridgehead atoms. The van der Waals surface area contributed by atoms with Gasteiger partial charge in [-0.25, -0.2) is 0 Å². The number of carbonyl (C=O) groups excluding carboxylic acids is 1. The van der Waals surface area contributed by atoms with E-state index in [1.807, 2.05) is 17.0 Å². The summed E-state index contributed by atoms with van der Waals surface area (Å²) in [6.45, 7) is 9.01. The van der Waals surface area contributed by atoms with Crippen LogP contribution in [0.4, 0.5) is 0 Å². The van der Waals surface area contributed by atoms with E-state index >= 15 is 0 Å². The summed E-state index contributed by atoms with van der Waals surface area (Å²) in [7, 11) is 0. The van der Waals surface area contributed by atoms with Gasteiger partial charge in [-0.1, -0.05) is 54.1 Å². The molecule has 2 aromatic carbocycles. The van der Waals surface area contributed by atoms with Gasteiger partial charge in [-0.2, -0.15) is 0 Å². The lowest BCUT2D eigenvalue weighted by Crippen LogP contribution is -2.53. The van der Waals surface area contributed by atoms with Gasteiger partial charge in [0.05, 0.1) is 18.7 Å². The van der Waals surface area contributed by atoms with Crippen LogP contribution in [0.5, 0.6) is 0 Å². The fraction of sp³-hybridized carbons (Fsp3) is 0.360. The highest BCUT2D eigenvalue weighted by molar-refractivity contribution is 6.09. The van der Waals surface area contributed by atoms with Crippen LogP contribution >= 0.6 is 0 Å². The van der Waals surface area contributed by atoms with Gasteiger partial charge in [0.15, 0.2) is 0 Å². The Labute approximate surface area is 178 Å². The molecule has 0 fully saturated rings. The van der Waals surface area contributed by atoms with Gasteiger partial charge in [0.2, 0.25) is 5.96 Å². The van der Waals surface area contributed by atoms with Crippen molar-refractivity contribution in [3.8, 4) is 0 Å². The summed E-state index contributed by atoms with van der Waals surface area (Å²) in [6, 6.07) is 17.0. The number of amides is 1. The summed E-state index contributed by atoms with van der Waals surface area (Å²) in [4.78, 5) is 24.9. The van der Waals surface area contributed by atoms with E-state index in [1.54, 1.807) is 0 Å². The Morgan fingerprint density at radius 1 is 1.00 bits per heavy atom. The molecule has 5 nitrogen and oxygen atoms in total. The summed E-state index contributed by atoms with van der Waals surface area (Å²) in [5.41, 5.74) is 7.11. The normalized spacial score (nSPS) is 19.1. The molecule has 0 saturated heterocycles. The predicted molar refractivity (Wildman–Crippen MR) is 119 cm³/mol. The maximum Gasteiger partial charge on any atom is 0.259 e. The van der Waals surface area contributed by atoms with Crippen molar-refractivity contribution in [1.82, 2.24) is 14.7 Å². The van der Waals surface area contributed by atoms with Crippen LogP contribution in [-0.4, -0.2) is 52.7 Å². The Hall–Kier alpha value is -2.92. The zero-order chi connectivity index (χ0) is 20.7. The summed E-state index contributed by atoms with van der Waals surface area (Å²) < 4.78 is 0. The van der Waals surface area contributed by atoms with Crippen LogP contribution in [0.3, 0.4) is 0 Å². The molecular formula is C25H28N4O. The number of hydrogen-bond donors (Lipinski definition) is 0. The van der Waals surface area contributed by atoms with E-state index < -0.39 is 0 Å². The number of aryl methyl sites for hydroxylation is 2. The Kier molecular flexibility index (Phi) is 4.91. The quantitative estimate of drug-likeness (QED) is 0.789. The first-order valence-corrected chi connectivity index (χ1v) is 10.8. The Morgan fingerprint density at radius 2 is 1.87 bits per heavy atom. The first kappa shape index (κ1) is 19.1. The van der Waals surface area contributed by atoms with Crippen LogP contribution in [0.2, 0.25) is 0 Å². The maximum atomic E-state index is 13.6. The summed E-state index contributed by atoms with van der Waals surface area (Å²) in [5.74, 6) is 0.966. The van der Waals surface area contributed by atoms with Crippen molar-refractivity contribution < 1.29 is 4.79 Å². The van der Waals surface area contributed by atoms with Crippen molar-refractivity contribution in [2.24, 2.45) is 4.99 Å². The van der Waals surface area contributed by atoms with Crippen molar-refractivity contribution in [2.75, 3.05) is 26.2 Å². The highest BCUT2D eigenvalue weighted by atomic mass is 16.2. The van der Waals surface area contributed by atoms with E-state index in [2.05, 4.69) is 60.0 Å². The molecule has 154 valence electrons. The van der Waals surface area contributed by atoms with E-state index in [0.29, 0.717) is 13.1 Å². The molecule has 5 heteroatoms. The highest BCUT2D eigenvalue weighted by Gasteiger charge is 2.41. The first-order valence-electron chi connectivity index (χ1n) is 10.8. The minimum absolute atomic E-state index is 0.124. The second-order valence-corrected chi connectivity index (χ2v) is 8.53. The number of aliphatic imine (C=N–C) groups is 1. The smallest absolute Gasteiger partial charge is 0.259 e. The van der Waals surface area contributed by atoms with Crippen LogP contribution in [-0.2, 0) is 17.9 Å². The van der Waals surface area contributed by atoms with Crippen molar-refractivity contribution >= 4 is 11.9 Å². The zero-order valence-corrected chi connectivity index (χ0v) is 17.8. The number of guanidine groups is 1. The third-order valence-electron chi connectivity index (χ3n) is 6.36. The minimum Gasteiger partial charge on any atom is -0.314 e. The molecule has 0 N–H and O–H groups in total. The molecule has 3 aliphatic rings. The lowest BCUT2D eigenvalue weighted by Gasteiger charge is -2.42. The monoisotopic (exact) mass is 400 g/mol. The number of hydrogen-bond acceptors (Lipinski definition) is 4. The molecule has 30 heavy (non-hydrogen) atoms. The number of rotatable bonds is 4. The van der Waals surface area contributed by atoms with Crippen molar-refractivity contribution in [2.45, 2.75) is 33.4 Å². The number of nitrogens with zero attached hydrogens (tertiary/aromatic N) is 4. The fourth-order valence-corrected chi connectivity index (χ4v) is 4.78. The maximum absolute atomic E-state index is 13.6. The third-order valence-corrected chi connectivity index (χ3v) is 6.36. The van der Waals surface area contributed by atoms with Crippen LogP contribution in [0.15, 0.2) is 64.8 Å². The Balaban J connectivity index is 1.41. The lowest BCUT2D eigenvalue weighted by molar-refractivity contribution is -0.125. The van der Waals surface area contributed by atoms with E-state index in [9.17, 15) is 4.79 Å². The molecule has 0 radical (unpaired) electrons. The standard InChI is InChI=1S/C25H28N4O/c1-18-6-5-8-20(14-18)15-27-12-10-23-22(17-27)24(30)29(25-26-11-13-28(23)25)16-21-9-4-3-7-19(21)2/h3-9,14H,10-13,15-17H2,1-2H3. The van der Waals surface area contributed by atoms with Crippen molar-refractivity contribution in [3.05, 3.63) is 82.1 Å². The van der Waals surface area contributed by atoms with Gasteiger partial charge in [-0.15, -0.1) is 0 Å². The van der Waals surface area contributed by atoms with Crippen LogP contribution < -0.4 is 0 Å². The van der Waals surface area contributed by atoms with Gasteiger partial charge in [0.1, 0.15) is 0 Å². The average Bonchev–Trinajstić information content (AvgIpc) is 3.22. The SMILES string of the molecule is Cc1cccc(CN2CCC3=C(C2)C(=O)N(Cc2ccccc2C)C2=NCCN23)c1. The van der Waals surface area contributed by atoms with Gasteiger partial charge in [-0.3, -0.25) is 19.6 Å². The second kappa shape index (κ2) is 7.73. The highest BCUT2D eigenvalue weighted by Crippen LogP contribution is 2.32. The molecule has 3 heterocycles. The topological polar surface area (TPSA) is 39.2 Å². The molecule has 3 aliphatic heterocycles. The summed E-state index contributed by atoms with van der Waals surface area (Å²) >= 11 is 0. The van der Waals surface area contributed by atoms with E-state index in [0.717, 1.165) is 44.1 Å². The summed E-state index contributed by atoms with van der Waals surface area (Å²) in [6.07, 6.45) is 0.907. The number of fused-ring (bicyclic) bond motifs is 2. The molecule has 0 unspecified atom stereocenters. The molecular weight excluding hydrogens is 372 g/mol. The third kappa shape index (κ3) is 3.43. The molecule has 2 aromatic rings. The van der Waals surface area contributed by atoms with Crippen LogP contribution in [0.1, 0.15) is 28.7 Å². The largest absolute Gasteiger partial charge is 0.314 e. The van der Waals surface area contributed by atoms with Crippen LogP contribution in [0.25, 0.3) is 0 Å². The minimum atomic E-state index is 0.124. The average molecular weight is 401 g/mol. The van der Waals surface area contributed by atoms with Crippen LogP contribution in [0, 0.1) is 13.8 Å². The van der Waals surface area contributed by atoms with Gasteiger partial charge in [0, 0.05) is 38.3 Å². The second-order valence-electron chi connectivity index (χ2n) is 8.53. The number of benzene rings is 2. The van der Waals surface area contributed by atoms with Crippen molar-refractivity contribution in [1.29, 1.82) is 0 Å². The van der Waals surface area contributed by atoms with E-state index in [1.165, 1.54) is 28.0 Å². The molecule has 1 amide bonds. The molecule has 5 rings (SSSR count). The predicted octanol–water partition coefficient (Wildman–Crippen LogP) is 3.48. The molecule has 0 saturated carbocycles. The molecule has 0 aliphatic carbocycles. The molecule has 0 aromatic heterocycles. The summed E-state index contributed by atoms with van der Waals surface area (Å²) in [5, 5.41) is 0. The Bertz CT molecular complexity index is 1050. The fourth-order valence-electron chi connectivity index (χ4n) is 4.78. The Morgan fingerprint density at radius 3 is 2.70 bits per heavy atom. The van der Waals surface area contributed by atoms with Gasteiger partial charge < -0.3 is 4.90 Å². The van der Waals surface area contributed by atoms with E-state index in [4.69, 9.17) is 4.99 Å². The first-order chi connectivity index (χ1) is 14.6.